The first kappa shape index (κ1) is 69.9. The second-order valence-electron chi connectivity index (χ2n) is 30.4. The minimum atomic E-state index is -0.728. The largest absolute Gasteiger partial charge is 0.496 e. The number of nitrogens with one attached hydrogen (secondary N) is 3. The number of carbonyl (C=O) groups is 3. The molecule has 7 rings (SSSR count). The lowest BCUT2D eigenvalue weighted by Gasteiger charge is -2.29. The number of amides is 3. The fraction of sp³-hybridized carbons (Fsp3) is 0.480. The highest BCUT2D eigenvalue weighted by atomic mass is 16.5. The van der Waals surface area contributed by atoms with Crippen LogP contribution in [0.3, 0.4) is 0 Å². The summed E-state index contributed by atoms with van der Waals surface area (Å²) in [6.07, 6.45) is 1.75. The van der Waals surface area contributed by atoms with Crippen LogP contribution in [0.15, 0.2) is 72.8 Å². The molecular weight excluding hydrogens is 1130 g/mol. The monoisotopic (exact) mass is 1230 g/mol. The number of hydrogen-bond donors (Lipinski definition) is 6. The molecule has 12 bridgehead atoms. The lowest BCUT2D eigenvalue weighted by Crippen LogP contribution is -2.26. The number of hydrogen-bond acceptors (Lipinski definition) is 12. The molecule has 0 spiro atoms. The van der Waals surface area contributed by atoms with Gasteiger partial charge in [-0.2, -0.15) is 0 Å². The highest BCUT2D eigenvalue weighted by molar-refractivity contribution is 5.77. The van der Waals surface area contributed by atoms with Crippen molar-refractivity contribution in [1.82, 2.24) is 16.4 Å². The molecule has 0 radical (unpaired) electrons. The van der Waals surface area contributed by atoms with Crippen LogP contribution in [0.1, 0.15) is 225 Å². The van der Waals surface area contributed by atoms with Crippen LogP contribution < -0.4 is 44.9 Å². The van der Waals surface area contributed by atoms with Crippen molar-refractivity contribution in [3.63, 3.8) is 0 Å². The molecule has 486 valence electrons. The molecule has 6 aromatic carbocycles. The molecule has 0 saturated carbocycles. The summed E-state index contributed by atoms with van der Waals surface area (Å²) in [7, 11) is 5.02. The standard InChI is InChI=1S/C75H99N3O12/c1-70(2,3)55-28-43-22-49-34-58(73(10,11)12)36-51(67(49)88-40-61(79)76-82)24-45-30-56(71(4,5)6)32-47(65(45)86-20)26-53-38-60(75(16,17)18)39-54(69(53)90-42-63(81)78-84)27-48-33-57(72(7,8)9)31-46(66(48)87-21)25-52-37-59(74(13,14)15)35-50(23-44(29-55)64(43)85-19)68(52)89-41-62(80)77-83/h28-39,82-84H,22-27,40-42H2,1-21H3,(H,76,79)(H,77,80)(H,78,81). The smallest absolute Gasteiger partial charge is 0.281 e. The van der Waals surface area contributed by atoms with E-state index in [-0.39, 0.29) is 32.5 Å². The molecule has 1 aliphatic rings. The Morgan fingerprint density at radius 1 is 0.289 bits per heavy atom. The lowest BCUT2D eigenvalue weighted by molar-refractivity contribution is -0.131. The number of methoxy groups -OCH3 is 3. The van der Waals surface area contributed by atoms with Crippen molar-refractivity contribution in [2.45, 2.75) is 196 Å². The van der Waals surface area contributed by atoms with E-state index in [2.05, 4.69) is 197 Å². The molecule has 1 aliphatic carbocycles. The summed E-state index contributed by atoms with van der Waals surface area (Å²) in [5, 5.41) is 29.8. The molecule has 0 unspecified atom stereocenters. The molecule has 6 N–H and O–H groups in total. The topological polar surface area (TPSA) is 203 Å². The Balaban J connectivity index is 1.72. The maximum Gasteiger partial charge on any atom is 0.281 e. The van der Waals surface area contributed by atoms with E-state index in [1.165, 1.54) is 0 Å². The van der Waals surface area contributed by atoms with Gasteiger partial charge in [0.25, 0.3) is 17.7 Å². The highest BCUT2D eigenvalue weighted by Crippen LogP contribution is 2.46. The Morgan fingerprint density at radius 3 is 0.533 bits per heavy atom. The summed E-state index contributed by atoms with van der Waals surface area (Å²) in [6, 6.07) is 25.9. The van der Waals surface area contributed by atoms with Gasteiger partial charge in [0, 0.05) is 38.5 Å². The zero-order valence-electron chi connectivity index (χ0n) is 57.3. The molecule has 0 fully saturated rings. The minimum absolute atomic E-state index is 0.292. The van der Waals surface area contributed by atoms with Crippen LogP contribution in [-0.2, 0) is 85.4 Å². The van der Waals surface area contributed by atoms with Gasteiger partial charge in [0.05, 0.1) is 21.3 Å². The average molecular weight is 1230 g/mol. The maximum atomic E-state index is 13.2. The molecule has 6 aromatic rings. The van der Waals surface area contributed by atoms with Crippen molar-refractivity contribution in [3.05, 3.63) is 173 Å². The van der Waals surface area contributed by atoms with E-state index in [1.807, 2.05) is 0 Å². The first-order valence-corrected chi connectivity index (χ1v) is 31.1. The van der Waals surface area contributed by atoms with E-state index in [1.54, 1.807) is 37.8 Å². The minimum Gasteiger partial charge on any atom is -0.496 e. The summed E-state index contributed by atoms with van der Waals surface area (Å²) in [6.45, 7) is 37.6. The average Bonchev–Trinajstić information content (AvgIpc) is 0.821. The Bertz CT molecular complexity index is 3130. The van der Waals surface area contributed by atoms with Gasteiger partial charge < -0.3 is 28.4 Å². The number of rotatable bonds is 12. The number of carbonyl (C=O) groups excluding carboxylic acids is 3. The van der Waals surface area contributed by atoms with Crippen molar-refractivity contribution in [1.29, 1.82) is 0 Å². The normalized spacial score (nSPS) is 13.3. The number of benzene rings is 6. The van der Waals surface area contributed by atoms with Crippen LogP contribution in [0.4, 0.5) is 0 Å². The molecule has 0 saturated heterocycles. The molecule has 15 heteroatoms. The van der Waals surface area contributed by atoms with Crippen molar-refractivity contribution < 1.29 is 58.4 Å². The maximum absolute atomic E-state index is 13.2. The molecule has 0 atom stereocenters. The van der Waals surface area contributed by atoms with Gasteiger partial charge in [-0.05, 0) is 133 Å². The van der Waals surface area contributed by atoms with Gasteiger partial charge in [-0.15, -0.1) is 0 Å². The van der Waals surface area contributed by atoms with Crippen LogP contribution in [0.2, 0.25) is 0 Å². The van der Waals surface area contributed by atoms with Gasteiger partial charge >= 0.3 is 0 Å². The van der Waals surface area contributed by atoms with E-state index in [0.29, 0.717) is 73.0 Å². The third-order valence-corrected chi connectivity index (χ3v) is 17.0. The molecule has 15 nitrogen and oxygen atoms in total. The first-order valence-electron chi connectivity index (χ1n) is 31.1. The van der Waals surface area contributed by atoms with Crippen LogP contribution in [0, 0.1) is 0 Å². The number of ether oxygens (including phenoxy) is 6. The van der Waals surface area contributed by atoms with Gasteiger partial charge in [0.1, 0.15) is 34.5 Å². The van der Waals surface area contributed by atoms with Crippen molar-refractivity contribution in [3.8, 4) is 34.5 Å². The second kappa shape index (κ2) is 27.1. The van der Waals surface area contributed by atoms with Gasteiger partial charge in [0.2, 0.25) is 0 Å². The zero-order valence-corrected chi connectivity index (χ0v) is 57.3. The van der Waals surface area contributed by atoms with E-state index in [4.69, 9.17) is 28.4 Å². The van der Waals surface area contributed by atoms with Crippen LogP contribution in [-0.4, -0.2) is 74.5 Å². The molecule has 0 heterocycles. The van der Waals surface area contributed by atoms with Crippen LogP contribution in [0.25, 0.3) is 0 Å². The molecule has 0 aliphatic heterocycles. The van der Waals surface area contributed by atoms with Crippen molar-refractivity contribution in [2.75, 3.05) is 41.2 Å². The number of hydroxylamine groups is 3. The highest BCUT2D eigenvalue weighted by Gasteiger charge is 2.32. The lowest BCUT2D eigenvalue weighted by atomic mass is 9.79. The fourth-order valence-electron chi connectivity index (χ4n) is 11.8. The number of fused-ring (bicyclic) bond motifs is 12. The van der Waals surface area contributed by atoms with Gasteiger partial charge in [-0.25, -0.2) is 16.4 Å². The Hall–Kier alpha value is -7.59. The fourth-order valence-corrected chi connectivity index (χ4v) is 11.8. The predicted octanol–water partition coefficient (Wildman–Crippen LogP) is 14.0. The quantitative estimate of drug-likeness (QED) is 0.0500. The third kappa shape index (κ3) is 16.5. The van der Waals surface area contributed by atoms with Crippen molar-refractivity contribution >= 4 is 17.7 Å². The summed E-state index contributed by atoms with van der Waals surface area (Å²) in [5.74, 6) is 1.10. The first-order chi connectivity index (χ1) is 41.8. The SMILES string of the molecule is COc1c2cc(C(C)(C)C)cc1Cc1cc(C(C)(C)C)cc(c1OCC(=O)NO)Cc1cc(C(C)(C)C)cc(c1OC)Cc1cc(C(C)(C)C)cc(c1OCC(=O)NO)Cc1cc(C(C)(C)C)cc(c1OC)Cc1cc(C(C)(C)C)cc(c1OCC(=O)NO)C2. The van der Waals surface area contributed by atoms with Gasteiger partial charge in [-0.1, -0.05) is 197 Å². The molecular formula is C75H99N3O12. The second-order valence-corrected chi connectivity index (χ2v) is 30.4. The summed E-state index contributed by atoms with van der Waals surface area (Å²) >= 11 is 0. The van der Waals surface area contributed by atoms with Crippen molar-refractivity contribution in [2.24, 2.45) is 0 Å². The summed E-state index contributed by atoms with van der Waals surface area (Å²) in [5.41, 5.74) is 19.0. The van der Waals surface area contributed by atoms with Crippen LogP contribution >= 0.6 is 0 Å². The molecule has 3 amide bonds. The van der Waals surface area contributed by atoms with E-state index in [9.17, 15) is 30.0 Å². The Kier molecular flexibility index (Phi) is 21.0. The van der Waals surface area contributed by atoms with Gasteiger partial charge in [0.15, 0.2) is 19.8 Å². The third-order valence-electron chi connectivity index (χ3n) is 17.0. The molecule has 0 aromatic heterocycles. The summed E-state index contributed by atoms with van der Waals surface area (Å²) in [4.78, 5) is 39.5. The van der Waals surface area contributed by atoms with E-state index >= 15 is 0 Å². The Labute approximate surface area is 534 Å². The van der Waals surface area contributed by atoms with Gasteiger partial charge in [-0.3, -0.25) is 30.0 Å². The predicted molar refractivity (Wildman–Crippen MR) is 354 cm³/mol. The zero-order chi connectivity index (χ0) is 66.8. The van der Waals surface area contributed by atoms with E-state index in [0.717, 1.165) is 100 Å². The van der Waals surface area contributed by atoms with E-state index < -0.39 is 37.5 Å². The summed E-state index contributed by atoms with van der Waals surface area (Å²) < 4.78 is 39.9. The molecule has 90 heavy (non-hydrogen) atoms. The Morgan fingerprint density at radius 2 is 0.422 bits per heavy atom. The van der Waals surface area contributed by atoms with Crippen LogP contribution in [0.5, 0.6) is 34.5 Å².